The van der Waals surface area contributed by atoms with Gasteiger partial charge in [-0.25, -0.2) is 8.42 Å². The van der Waals surface area contributed by atoms with E-state index in [1.54, 1.807) is 0 Å². The van der Waals surface area contributed by atoms with Crippen LogP contribution in [0.1, 0.15) is 5.56 Å². The zero-order valence-corrected chi connectivity index (χ0v) is 16.2. The first-order chi connectivity index (χ1) is 14.2. The molecule has 12 nitrogen and oxygen atoms in total. The molecule has 1 aliphatic rings. The number of nitro groups is 1. The van der Waals surface area contributed by atoms with Crippen molar-refractivity contribution in [3.8, 4) is 17.2 Å². The SMILES string of the molecule is O=[N+]([O-])c1ccc(N/N=C/c2ccc(O)c(O)c2O)c(S(=O)(=O)N2CCOCC2)c1. The zero-order valence-electron chi connectivity index (χ0n) is 15.4. The van der Waals surface area contributed by atoms with Gasteiger partial charge in [0.25, 0.3) is 5.69 Å². The van der Waals surface area contributed by atoms with Crippen molar-refractivity contribution in [2.75, 3.05) is 31.7 Å². The first kappa shape index (κ1) is 21.3. The lowest BCUT2D eigenvalue weighted by Gasteiger charge is -2.26. The number of nitro benzene ring substituents is 1. The molecule has 0 aromatic heterocycles. The van der Waals surface area contributed by atoms with Crippen LogP contribution in [-0.2, 0) is 14.8 Å². The number of anilines is 1. The second-order valence-corrected chi connectivity index (χ2v) is 8.10. The smallest absolute Gasteiger partial charge is 0.270 e. The highest BCUT2D eigenvalue weighted by atomic mass is 32.2. The van der Waals surface area contributed by atoms with E-state index >= 15 is 0 Å². The van der Waals surface area contributed by atoms with Crippen LogP contribution in [0.3, 0.4) is 0 Å². The number of benzene rings is 2. The van der Waals surface area contributed by atoms with E-state index in [0.717, 1.165) is 28.7 Å². The van der Waals surface area contributed by atoms with Crippen LogP contribution in [0.4, 0.5) is 11.4 Å². The molecule has 4 N–H and O–H groups in total. The molecule has 30 heavy (non-hydrogen) atoms. The molecule has 160 valence electrons. The monoisotopic (exact) mass is 438 g/mol. The Morgan fingerprint density at radius 2 is 1.83 bits per heavy atom. The Kier molecular flexibility index (Phi) is 6.05. The van der Waals surface area contributed by atoms with E-state index in [4.69, 9.17) is 4.74 Å². The van der Waals surface area contributed by atoms with Gasteiger partial charge in [-0.2, -0.15) is 9.41 Å². The van der Waals surface area contributed by atoms with Gasteiger partial charge in [0.05, 0.1) is 30.0 Å². The van der Waals surface area contributed by atoms with E-state index in [9.17, 15) is 33.9 Å². The molecule has 0 aliphatic carbocycles. The van der Waals surface area contributed by atoms with Gasteiger partial charge in [0, 0.05) is 30.8 Å². The van der Waals surface area contributed by atoms with Crippen molar-refractivity contribution in [3.05, 3.63) is 46.0 Å². The summed E-state index contributed by atoms with van der Waals surface area (Å²) in [6.07, 6.45) is 1.08. The summed E-state index contributed by atoms with van der Waals surface area (Å²) in [5.74, 6) is -1.87. The standard InChI is InChI=1S/C17H18N4O8S/c22-14-4-1-11(16(23)17(14)24)10-18-19-13-3-2-12(21(25)26)9-15(13)30(27,28)20-5-7-29-8-6-20/h1-4,9-10,19,22-24H,5-8H2/b18-10+. The van der Waals surface area contributed by atoms with Gasteiger partial charge in [-0.1, -0.05) is 0 Å². The molecular weight excluding hydrogens is 420 g/mol. The molecule has 1 aliphatic heterocycles. The normalized spacial score (nSPS) is 15.3. The number of aromatic hydroxyl groups is 3. The van der Waals surface area contributed by atoms with Crippen molar-refractivity contribution >= 4 is 27.6 Å². The van der Waals surface area contributed by atoms with E-state index in [1.165, 1.54) is 12.1 Å². The molecule has 2 aromatic rings. The van der Waals surface area contributed by atoms with Gasteiger partial charge >= 0.3 is 0 Å². The number of nitrogens with one attached hydrogen (secondary N) is 1. The molecule has 0 bridgehead atoms. The fourth-order valence-corrected chi connectivity index (χ4v) is 4.29. The van der Waals surface area contributed by atoms with E-state index in [-0.39, 0.29) is 42.4 Å². The summed E-state index contributed by atoms with van der Waals surface area (Å²) < 4.78 is 32.3. The van der Waals surface area contributed by atoms with Gasteiger partial charge in [-0.3, -0.25) is 15.5 Å². The van der Waals surface area contributed by atoms with Crippen LogP contribution < -0.4 is 5.43 Å². The average molecular weight is 438 g/mol. The van der Waals surface area contributed by atoms with Crippen LogP contribution in [0.25, 0.3) is 0 Å². The van der Waals surface area contributed by atoms with Crippen molar-refractivity contribution in [1.82, 2.24) is 4.31 Å². The molecule has 1 saturated heterocycles. The van der Waals surface area contributed by atoms with E-state index < -0.39 is 37.9 Å². The van der Waals surface area contributed by atoms with Crippen LogP contribution in [0.5, 0.6) is 17.2 Å². The lowest BCUT2D eigenvalue weighted by atomic mass is 10.2. The number of sulfonamides is 1. The molecule has 2 aromatic carbocycles. The highest BCUT2D eigenvalue weighted by molar-refractivity contribution is 7.89. The summed E-state index contributed by atoms with van der Waals surface area (Å²) in [4.78, 5) is 10.1. The molecule has 0 radical (unpaired) electrons. The number of phenolic OH excluding ortho intramolecular Hbond substituents is 3. The number of non-ortho nitro benzene ring substituents is 1. The highest BCUT2D eigenvalue weighted by Gasteiger charge is 2.30. The second-order valence-electron chi connectivity index (χ2n) is 6.20. The number of hydrogen-bond acceptors (Lipinski definition) is 10. The number of ether oxygens (including phenoxy) is 1. The quantitative estimate of drug-likeness (QED) is 0.223. The summed E-state index contributed by atoms with van der Waals surface area (Å²) in [6.45, 7) is 0.625. The summed E-state index contributed by atoms with van der Waals surface area (Å²) in [5.41, 5.74) is 2.10. The van der Waals surface area contributed by atoms with Gasteiger partial charge in [-0.05, 0) is 18.2 Å². The van der Waals surface area contributed by atoms with Crippen molar-refractivity contribution in [3.63, 3.8) is 0 Å². The van der Waals surface area contributed by atoms with Crippen LogP contribution >= 0.6 is 0 Å². The summed E-state index contributed by atoms with van der Waals surface area (Å²) in [7, 11) is -4.07. The molecular formula is C17H18N4O8S. The minimum absolute atomic E-state index is 0.0224. The second kappa shape index (κ2) is 8.52. The minimum atomic E-state index is -4.07. The van der Waals surface area contributed by atoms with Gasteiger partial charge in [-0.15, -0.1) is 0 Å². The fraction of sp³-hybridized carbons (Fsp3) is 0.235. The number of hydrogen-bond donors (Lipinski definition) is 4. The van der Waals surface area contributed by atoms with Gasteiger partial charge < -0.3 is 20.1 Å². The third-order valence-electron chi connectivity index (χ3n) is 4.31. The molecule has 0 unspecified atom stereocenters. The predicted octanol–water partition coefficient (Wildman–Crippen LogP) is 1.18. The predicted molar refractivity (Wildman–Crippen MR) is 105 cm³/mol. The largest absolute Gasteiger partial charge is 0.504 e. The van der Waals surface area contributed by atoms with E-state index in [0.29, 0.717) is 0 Å². The Morgan fingerprint density at radius 3 is 2.50 bits per heavy atom. The summed E-state index contributed by atoms with van der Waals surface area (Å²) in [6, 6.07) is 5.68. The number of morpholine rings is 1. The Balaban J connectivity index is 1.94. The molecule has 3 rings (SSSR count). The van der Waals surface area contributed by atoms with Crippen LogP contribution in [-0.4, -0.2) is 65.5 Å². The number of phenols is 3. The molecule has 0 atom stereocenters. The third kappa shape index (κ3) is 4.27. The molecule has 0 amide bonds. The Morgan fingerprint density at radius 1 is 1.13 bits per heavy atom. The van der Waals surface area contributed by atoms with Crippen LogP contribution in [0.15, 0.2) is 40.3 Å². The lowest BCUT2D eigenvalue weighted by Crippen LogP contribution is -2.40. The van der Waals surface area contributed by atoms with Crippen molar-refractivity contribution in [2.24, 2.45) is 5.10 Å². The summed E-state index contributed by atoms with van der Waals surface area (Å²) >= 11 is 0. The van der Waals surface area contributed by atoms with Gasteiger partial charge in [0.2, 0.25) is 15.8 Å². The van der Waals surface area contributed by atoms with Crippen molar-refractivity contribution < 1.29 is 33.4 Å². The number of hydrazone groups is 1. The molecule has 0 spiro atoms. The molecule has 1 fully saturated rings. The maximum Gasteiger partial charge on any atom is 0.270 e. The topological polar surface area (TPSA) is 175 Å². The average Bonchev–Trinajstić information content (AvgIpc) is 2.74. The maximum atomic E-state index is 13.0. The fourth-order valence-electron chi connectivity index (χ4n) is 2.72. The zero-order chi connectivity index (χ0) is 21.9. The van der Waals surface area contributed by atoms with Crippen molar-refractivity contribution in [2.45, 2.75) is 4.90 Å². The minimum Gasteiger partial charge on any atom is -0.504 e. The number of rotatable bonds is 6. The third-order valence-corrected chi connectivity index (χ3v) is 6.25. The molecule has 0 saturated carbocycles. The first-order valence-electron chi connectivity index (χ1n) is 8.61. The van der Waals surface area contributed by atoms with Gasteiger partial charge in [0.15, 0.2) is 11.5 Å². The molecule has 13 heteroatoms. The number of nitrogens with zero attached hydrogens (tertiary/aromatic N) is 3. The highest BCUT2D eigenvalue weighted by Crippen LogP contribution is 2.36. The lowest BCUT2D eigenvalue weighted by molar-refractivity contribution is -0.385. The van der Waals surface area contributed by atoms with Crippen LogP contribution in [0.2, 0.25) is 0 Å². The summed E-state index contributed by atoms with van der Waals surface area (Å²) in [5, 5.41) is 43.6. The maximum absolute atomic E-state index is 13.0. The van der Waals surface area contributed by atoms with Crippen LogP contribution in [0, 0.1) is 10.1 Å². The Hall–Kier alpha value is -3.42. The molecule has 1 heterocycles. The van der Waals surface area contributed by atoms with Gasteiger partial charge in [0.1, 0.15) is 4.90 Å². The first-order valence-corrected chi connectivity index (χ1v) is 10.0. The van der Waals surface area contributed by atoms with Crippen molar-refractivity contribution in [1.29, 1.82) is 0 Å². The van der Waals surface area contributed by atoms with E-state index in [2.05, 4.69) is 10.5 Å². The van der Waals surface area contributed by atoms with E-state index in [1.807, 2.05) is 0 Å². The Bertz CT molecular complexity index is 1100. The Labute approximate surface area is 170 Å².